The normalized spacial score (nSPS) is 10.1. The van der Waals surface area contributed by atoms with Crippen molar-refractivity contribution in [1.29, 1.82) is 0 Å². The molecule has 0 atom stereocenters. The summed E-state index contributed by atoms with van der Waals surface area (Å²) in [6, 6.07) is 8.79. The third-order valence-corrected chi connectivity index (χ3v) is 2.68. The molecule has 2 aromatic rings. The van der Waals surface area contributed by atoms with E-state index in [1.807, 2.05) is 0 Å². The highest BCUT2D eigenvalue weighted by atomic mass is 35.5. The second-order valence-electron chi connectivity index (χ2n) is 3.70. The van der Waals surface area contributed by atoms with Crippen LogP contribution < -0.4 is 9.47 Å². The van der Waals surface area contributed by atoms with Crippen LogP contribution in [0, 0.1) is 5.82 Å². The average molecular weight is 281 g/mol. The van der Waals surface area contributed by atoms with Crippen LogP contribution in [-0.2, 0) is 0 Å². The van der Waals surface area contributed by atoms with E-state index in [0.717, 1.165) is 0 Å². The van der Waals surface area contributed by atoms with E-state index in [0.29, 0.717) is 22.6 Å². The molecule has 0 fully saturated rings. The summed E-state index contributed by atoms with van der Waals surface area (Å²) in [5.74, 6) is 0.161. The van der Waals surface area contributed by atoms with Crippen molar-refractivity contribution in [2.24, 2.45) is 0 Å². The number of hydrogen-bond donors (Lipinski definition) is 0. The van der Waals surface area contributed by atoms with Crippen LogP contribution in [0.1, 0.15) is 10.4 Å². The quantitative estimate of drug-likeness (QED) is 0.791. The number of halogens is 2. The number of benzene rings is 2. The van der Waals surface area contributed by atoms with Gasteiger partial charge in [0.1, 0.15) is 11.5 Å². The number of carbonyl (C=O) groups excluding carboxylic acids is 1. The van der Waals surface area contributed by atoms with Gasteiger partial charge in [-0.15, -0.1) is 0 Å². The fourth-order valence-corrected chi connectivity index (χ4v) is 1.72. The molecule has 98 valence electrons. The van der Waals surface area contributed by atoms with Crippen LogP contribution in [0.4, 0.5) is 4.39 Å². The van der Waals surface area contributed by atoms with Crippen molar-refractivity contribution in [3.05, 3.63) is 52.8 Å². The number of methoxy groups -OCH3 is 1. The van der Waals surface area contributed by atoms with Gasteiger partial charge in [-0.1, -0.05) is 11.6 Å². The highest BCUT2D eigenvalue weighted by molar-refractivity contribution is 6.30. The Labute approximate surface area is 114 Å². The molecule has 2 aromatic carbocycles. The fourth-order valence-electron chi connectivity index (χ4n) is 1.54. The Kier molecular flexibility index (Phi) is 4.02. The Morgan fingerprint density at radius 1 is 1.16 bits per heavy atom. The Bertz CT molecular complexity index is 614. The standard InChI is InChI=1S/C14H10ClFO3/c1-18-14-5-3-11(7-12(14)16)19-13-4-2-10(15)6-9(13)8-17/h2-8H,1H3. The van der Waals surface area contributed by atoms with E-state index in [-0.39, 0.29) is 11.5 Å². The van der Waals surface area contributed by atoms with Crippen LogP contribution in [0.25, 0.3) is 0 Å². The van der Waals surface area contributed by atoms with Crippen molar-refractivity contribution in [3.63, 3.8) is 0 Å². The van der Waals surface area contributed by atoms with E-state index in [2.05, 4.69) is 0 Å². The summed E-state index contributed by atoms with van der Waals surface area (Å²) in [4.78, 5) is 10.9. The van der Waals surface area contributed by atoms with E-state index in [9.17, 15) is 9.18 Å². The molecule has 0 amide bonds. The molecular weight excluding hydrogens is 271 g/mol. The topological polar surface area (TPSA) is 35.5 Å². The zero-order chi connectivity index (χ0) is 13.8. The number of carbonyl (C=O) groups is 1. The summed E-state index contributed by atoms with van der Waals surface area (Å²) in [5, 5.41) is 0.426. The van der Waals surface area contributed by atoms with Gasteiger partial charge in [-0.2, -0.15) is 0 Å². The van der Waals surface area contributed by atoms with Crippen LogP contribution in [0.15, 0.2) is 36.4 Å². The first-order valence-electron chi connectivity index (χ1n) is 5.40. The lowest BCUT2D eigenvalue weighted by molar-refractivity contribution is 0.112. The van der Waals surface area contributed by atoms with Crippen LogP contribution in [0.2, 0.25) is 5.02 Å². The molecule has 0 unspecified atom stereocenters. The van der Waals surface area contributed by atoms with Gasteiger partial charge in [0.05, 0.1) is 12.7 Å². The molecule has 5 heteroatoms. The molecule has 0 aliphatic carbocycles. The second-order valence-corrected chi connectivity index (χ2v) is 4.13. The van der Waals surface area contributed by atoms with Gasteiger partial charge in [-0.3, -0.25) is 4.79 Å². The van der Waals surface area contributed by atoms with Gasteiger partial charge in [0, 0.05) is 11.1 Å². The van der Waals surface area contributed by atoms with E-state index >= 15 is 0 Å². The lowest BCUT2D eigenvalue weighted by Crippen LogP contribution is -1.92. The molecule has 2 rings (SSSR count). The zero-order valence-electron chi connectivity index (χ0n) is 10.0. The summed E-state index contributed by atoms with van der Waals surface area (Å²) in [6.07, 6.45) is 0.626. The Morgan fingerprint density at radius 2 is 1.89 bits per heavy atom. The smallest absolute Gasteiger partial charge is 0.168 e. The van der Waals surface area contributed by atoms with Gasteiger partial charge in [0.15, 0.2) is 17.9 Å². The van der Waals surface area contributed by atoms with E-state index in [1.54, 1.807) is 18.2 Å². The lowest BCUT2D eigenvalue weighted by Gasteiger charge is -2.09. The summed E-state index contributed by atoms with van der Waals surface area (Å²) < 4.78 is 23.8. The molecule has 0 N–H and O–H groups in total. The van der Waals surface area contributed by atoms with E-state index < -0.39 is 5.82 Å². The van der Waals surface area contributed by atoms with Crippen LogP contribution in [0.5, 0.6) is 17.2 Å². The van der Waals surface area contributed by atoms with Gasteiger partial charge in [-0.25, -0.2) is 4.39 Å². The molecule has 3 nitrogen and oxygen atoms in total. The molecular formula is C14H10ClFO3. The number of rotatable bonds is 4. The Morgan fingerprint density at radius 3 is 2.53 bits per heavy atom. The summed E-state index contributed by atoms with van der Waals surface area (Å²) >= 11 is 5.77. The molecule has 0 aromatic heterocycles. The van der Waals surface area contributed by atoms with Gasteiger partial charge >= 0.3 is 0 Å². The molecule has 0 bridgehead atoms. The van der Waals surface area contributed by atoms with E-state index in [1.165, 1.54) is 25.3 Å². The summed E-state index contributed by atoms with van der Waals surface area (Å²) in [7, 11) is 1.38. The van der Waals surface area contributed by atoms with Gasteiger partial charge < -0.3 is 9.47 Å². The van der Waals surface area contributed by atoms with Crippen molar-refractivity contribution in [1.82, 2.24) is 0 Å². The van der Waals surface area contributed by atoms with Crippen LogP contribution in [0.3, 0.4) is 0 Å². The molecule has 0 radical (unpaired) electrons. The molecule has 0 heterocycles. The fraction of sp³-hybridized carbons (Fsp3) is 0.0714. The van der Waals surface area contributed by atoms with E-state index in [4.69, 9.17) is 21.1 Å². The van der Waals surface area contributed by atoms with Crippen molar-refractivity contribution in [2.75, 3.05) is 7.11 Å². The first-order valence-corrected chi connectivity index (χ1v) is 5.78. The lowest BCUT2D eigenvalue weighted by atomic mass is 10.2. The Hall–Kier alpha value is -2.07. The SMILES string of the molecule is COc1ccc(Oc2ccc(Cl)cc2C=O)cc1F. The van der Waals surface area contributed by atoms with Crippen molar-refractivity contribution in [2.45, 2.75) is 0 Å². The van der Waals surface area contributed by atoms with Crippen molar-refractivity contribution < 1.29 is 18.7 Å². The molecule has 19 heavy (non-hydrogen) atoms. The summed E-state index contributed by atoms with van der Waals surface area (Å²) in [6.45, 7) is 0. The first kappa shape index (κ1) is 13.4. The Balaban J connectivity index is 2.31. The van der Waals surface area contributed by atoms with Crippen molar-refractivity contribution in [3.8, 4) is 17.2 Å². The van der Waals surface area contributed by atoms with Gasteiger partial charge in [-0.05, 0) is 30.3 Å². The molecule has 0 saturated heterocycles. The largest absolute Gasteiger partial charge is 0.494 e. The monoisotopic (exact) mass is 280 g/mol. The minimum Gasteiger partial charge on any atom is -0.494 e. The number of ether oxygens (including phenoxy) is 2. The predicted molar refractivity (Wildman–Crippen MR) is 69.9 cm³/mol. The maximum Gasteiger partial charge on any atom is 0.168 e. The van der Waals surface area contributed by atoms with Crippen molar-refractivity contribution >= 4 is 17.9 Å². The van der Waals surface area contributed by atoms with Crippen LogP contribution >= 0.6 is 11.6 Å². The van der Waals surface area contributed by atoms with Gasteiger partial charge in [0.25, 0.3) is 0 Å². The molecule has 0 saturated carbocycles. The highest BCUT2D eigenvalue weighted by Gasteiger charge is 2.08. The zero-order valence-corrected chi connectivity index (χ0v) is 10.8. The average Bonchev–Trinajstić information content (AvgIpc) is 2.41. The maximum absolute atomic E-state index is 13.5. The minimum absolute atomic E-state index is 0.124. The third kappa shape index (κ3) is 3.03. The first-order chi connectivity index (χ1) is 9.13. The highest BCUT2D eigenvalue weighted by Crippen LogP contribution is 2.29. The number of aldehydes is 1. The van der Waals surface area contributed by atoms with Gasteiger partial charge in [0.2, 0.25) is 0 Å². The predicted octanol–water partition coefficient (Wildman–Crippen LogP) is 4.09. The second kappa shape index (κ2) is 5.71. The number of hydrogen-bond acceptors (Lipinski definition) is 3. The molecule has 0 aliphatic rings. The molecule has 0 aliphatic heterocycles. The molecule has 0 spiro atoms. The summed E-state index contributed by atoms with van der Waals surface area (Å²) in [5.41, 5.74) is 0.295. The van der Waals surface area contributed by atoms with Crippen LogP contribution in [-0.4, -0.2) is 13.4 Å². The maximum atomic E-state index is 13.5. The minimum atomic E-state index is -0.540. The third-order valence-electron chi connectivity index (χ3n) is 2.45.